The van der Waals surface area contributed by atoms with E-state index in [0.29, 0.717) is 17.9 Å². The smallest absolute Gasteiger partial charge is 0.338 e. The minimum atomic E-state index is -0.343. The van der Waals surface area contributed by atoms with Crippen LogP contribution in [0.15, 0.2) is 34.9 Å². The number of benzene rings is 1. The predicted molar refractivity (Wildman–Crippen MR) is 67.5 cm³/mol. The average Bonchev–Trinajstić information content (AvgIpc) is 2.83. The zero-order valence-electron chi connectivity index (χ0n) is 9.85. The van der Waals surface area contributed by atoms with E-state index in [1.807, 2.05) is 13.0 Å². The van der Waals surface area contributed by atoms with Gasteiger partial charge < -0.3 is 9.15 Å². The van der Waals surface area contributed by atoms with E-state index in [-0.39, 0.29) is 11.3 Å². The third-order valence-corrected chi connectivity index (χ3v) is 2.47. The molecule has 2 rings (SSSR count). The summed E-state index contributed by atoms with van der Waals surface area (Å²) in [5.74, 6) is 0.175. The molecule has 0 aliphatic rings. The first kappa shape index (κ1) is 12.6. The molecule has 0 aliphatic heterocycles. The van der Waals surface area contributed by atoms with Crippen molar-refractivity contribution in [3.05, 3.63) is 41.4 Å². The Morgan fingerprint density at radius 1 is 1.50 bits per heavy atom. The van der Waals surface area contributed by atoms with Crippen molar-refractivity contribution < 1.29 is 13.9 Å². The van der Waals surface area contributed by atoms with Gasteiger partial charge in [0.25, 0.3) is 5.35 Å². The molecule has 1 heterocycles. The predicted octanol–water partition coefficient (Wildman–Crippen LogP) is 3.56. The van der Waals surface area contributed by atoms with E-state index < -0.39 is 0 Å². The molecular formula is C13H12ClNO3. The van der Waals surface area contributed by atoms with E-state index >= 15 is 0 Å². The number of hydrogen-bond donors (Lipinski definition) is 0. The van der Waals surface area contributed by atoms with Gasteiger partial charge in [0.05, 0.1) is 18.4 Å². The van der Waals surface area contributed by atoms with Crippen molar-refractivity contribution in [3.63, 3.8) is 0 Å². The number of aromatic nitrogens is 1. The third kappa shape index (κ3) is 2.90. The van der Waals surface area contributed by atoms with Crippen LogP contribution in [0.5, 0.6) is 0 Å². The molecule has 0 saturated carbocycles. The van der Waals surface area contributed by atoms with Gasteiger partial charge in [-0.05, 0) is 30.2 Å². The number of carbonyl (C=O) groups excluding carboxylic acids is 1. The molecule has 1 aromatic carbocycles. The van der Waals surface area contributed by atoms with Crippen molar-refractivity contribution >= 4 is 17.6 Å². The Bertz CT molecular complexity index is 551. The maximum Gasteiger partial charge on any atom is 0.338 e. The topological polar surface area (TPSA) is 52.3 Å². The van der Waals surface area contributed by atoms with Gasteiger partial charge in [-0.2, -0.15) is 0 Å². The van der Waals surface area contributed by atoms with Crippen molar-refractivity contribution in [2.45, 2.75) is 13.3 Å². The van der Waals surface area contributed by atoms with Crippen LogP contribution in [0.1, 0.15) is 23.7 Å². The highest BCUT2D eigenvalue weighted by Gasteiger charge is 2.10. The van der Waals surface area contributed by atoms with Crippen molar-refractivity contribution in [2.24, 2.45) is 0 Å². The normalized spacial score (nSPS) is 10.3. The van der Waals surface area contributed by atoms with E-state index in [9.17, 15) is 4.79 Å². The molecule has 2 aromatic rings. The van der Waals surface area contributed by atoms with Crippen LogP contribution < -0.4 is 0 Å². The molecule has 0 bridgehead atoms. The minimum absolute atomic E-state index is 0.0731. The lowest BCUT2D eigenvalue weighted by atomic mass is 10.1. The van der Waals surface area contributed by atoms with Crippen molar-refractivity contribution in [1.29, 1.82) is 0 Å². The van der Waals surface area contributed by atoms with E-state index in [0.717, 1.165) is 12.0 Å². The van der Waals surface area contributed by atoms with E-state index in [1.165, 1.54) is 6.20 Å². The molecule has 0 saturated heterocycles. The Labute approximate surface area is 110 Å². The molecule has 5 heteroatoms. The second-order valence-corrected chi connectivity index (χ2v) is 4.02. The van der Waals surface area contributed by atoms with Crippen LogP contribution in [0.3, 0.4) is 0 Å². The fourth-order valence-electron chi connectivity index (χ4n) is 1.46. The van der Waals surface area contributed by atoms with Gasteiger partial charge in [-0.25, -0.2) is 9.78 Å². The number of halogens is 1. The van der Waals surface area contributed by atoms with E-state index in [4.69, 9.17) is 20.8 Å². The van der Waals surface area contributed by atoms with Crippen LogP contribution >= 0.6 is 11.6 Å². The first-order valence-electron chi connectivity index (χ1n) is 5.59. The third-order valence-electron chi connectivity index (χ3n) is 2.30. The highest BCUT2D eigenvalue weighted by Crippen LogP contribution is 2.23. The molecule has 4 nitrogen and oxygen atoms in total. The van der Waals surface area contributed by atoms with Crippen LogP contribution in [-0.4, -0.2) is 17.6 Å². The molecule has 94 valence electrons. The lowest BCUT2D eigenvalue weighted by Gasteiger charge is -2.04. The first-order chi connectivity index (χ1) is 8.70. The van der Waals surface area contributed by atoms with Crippen LogP contribution in [0, 0.1) is 0 Å². The fourth-order valence-corrected chi connectivity index (χ4v) is 1.60. The highest BCUT2D eigenvalue weighted by atomic mass is 35.5. The summed E-state index contributed by atoms with van der Waals surface area (Å²) >= 11 is 5.61. The molecule has 0 amide bonds. The fraction of sp³-hybridized carbons (Fsp3) is 0.231. The number of oxazole rings is 1. The standard InChI is InChI=1S/C13H12ClNO3/c1-2-6-17-12(16)10-5-3-4-9(7-10)11-8-15-13(14)18-11/h3-5,7-8H,2,6H2,1H3. The average molecular weight is 266 g/mol. The Morgan fingerprint density at radius 3 is 3.00 bits per heavy atom. The number of ether oxygens (including phenoxy) is 1. The molecular weight excluding hydrogens is 254 g/mol. The summed E-state index contributed by atoms with van der Waals surface area (Å²) < 4.78 is 10.2. The quantitative estimate of drug-likeness (QED) is 0.793. The number of esters is 1. The van der Waals surface area contributed by atoms with Crippen molar-refractivity contribution in [1.82, 2.24) is 4.98 Å². The van der Waals surface area contributed by atoms with Gasteiger partial charge in [0.1, 0.15) is 0 Å². The maximum atomic E-state index is 11.7. The minimum Gasteiger partial charge on any atom is -0.462 e. The van der Waals surface area contributed by atoms with Crippen LogP contribution in [0.25, 0.3) is 11.3 Å². The zero-order valence-corrected chi connectivity index (χ0v) is 10.6. The zero-order chi connectivity index (χ0) is 13.0. The summed E-state index contributed by atoms with van der Waals surface area (Å²) in [6, 6.07) is 6.95. The van der Waals surface area contributed by atoms with Gasteiger partial charge in [0.2, 0.25) is 0 Å². The molecule has 0 unspecified atom stereocenters. The van der Waals surface area contributed by atoms with Crippen LogP contribution in [0.2, 0.25) is 5.35 Å². The molecule has 0 fully saturated rings. The van der Waals surface area contributed by atoms with Gasteiger partial charge in [-0.15, -0.1) is 0 Å². The van der Waals surface area contributed by atoms with Gasteiger partial charge in [-0.3, -0.25) is 0 Å². The van der Waals surface area contributed by atoms with E-state index in [2.05, 4.69) is 4.98 Å². The largest absolute Gasteiger partial charge is 0.462 e. The highest BCUT2D eigenvalue weighted by molar-refractivity contribution is 6.27. The summed E-state index contributed by atoms with van der Waals surface area (Å²) in [4.78, 5) is 15.5. The van der Waals surface area contributed by atoms with Gasteiger partial charge in [0.15, 0.2) is 5.76 Å². The number of hydrogen-bond acceptors (Lipinski definition) is 4. The van der Waals surface area contributed by atoms with Crippen LogP contribution in [0.4, 0.5) is 0 Å². The van der Waals surface area contributed by atoms with Crippen LogP contribution in [-0.2, 0) is 4.74 Å². The van der Waals surface area contributed by atoms with Gasteiger partial charge in [0, 0.05) is 5.56 Å². The Morgan fingerprint density at radius 2 is 2.33 bits per heavy atom. The summed E-state index contributed by atoms with van der Waals surface area (Å²) in [6.07, 6.45) is 2.31. The van der Waals surface area contributed by atoms with Gasteiger partial charge >= 0.3 is 5.97 Å². The second kappa shape index (κ2) is 5.69. The molecule has 0 atom stereocenters. The van der Waals surface area contributed by atoms with Crippen molar-refractivity contribution in [2.75, 3.05) is 6.61 Å². The summed E-state index contributed by atoms with van der Waals surface area (Å²) in [7, 11) is 0. The second-order valence-electron chi connectivity index (χ2n) is 3.69. The molecule has 18 heavy (non-hydrogen) atoms. The maximum absolute atomic E-state index is 11.7. The van der Waals surface area contributed by atoms with Gasteiger partial charge in [-0.1, -0.05) is 19.1 Å². The molecule has 0 aliphatic carbocycles. The molecule has 1 aromatic heterocycles. The number of nitrogens with zero attached hydrogens (tertiary/aromatic N) is 1. The number of rotatable bonds is 4. The first-order valence-corrected chi connectivity index (χ1v) is 5.97. The summed E-state index contributed by atoms with van der Waals surface area (Å²) in [6.45, 7) is 2.36. The summed E-state index contributed by atoms with van der Waals surface area (Å²) in [5.41, 5.74) is 1.22. The Balaban J connectivity index is 2.22. The monoisotopic (exact) mass is 265 g/mol. The molecule has 0 radical (unpaired) electrons. The SMILES string of the molecule is CCCOC(=O)c1cccc(-c2cnc(Cl)o2)c1. The van der Waals surface area contributed by atoms with E-state index in [1.54, 1.807) is 18.2 Å². The molecule has 0 N–H and O–H groups in total. The lowest BCUT2D eigenvalue weighted by Crippen LogP contribution is -2.05. The lowest BCUT2D eigenvalue weighted by molar-refractivity contribution is 0.0505. The summed E-state index contributed by atoms with van der Waals surface area (Å²) in [5, 5.41) is 0.0731. The number of carbonyl (C=O) groups is 1. The molecule has 0 spiro atoms. The van der Waals surface area contributed by atoms with Crippen molar-refractivity contribution in [3.8, 4) is 11.3 Å². The Kier molecular flexibility index (Phi) is 3.99. The Hall–Kier alpha value is -1.81.